The number of carbonyl (C=O) groups is 1. The fourth-order valence-electron chi connectivity index (χ4n) is 4.72. The van der Waals surface area contributed by atoms with Crippen molar-refractivity contribution in [2.24, 2.45) is 0 Å². The van der Waals surface area contributed by atoms with Gasteiger partial charge in [0, 0.05) is 37.0 Å². The number of ether oxygens (including phenoxy) is 1. The van der Waals surface area contributed by atoms with Gasteiger partial charge in [0.1, 0.15) is 29.3 Å². The van der Waals surface area contributed by atoms with Gasteiger partial charge < -0.3 is 15.4 Å². The van der Waals surface area contributed by atoms with Crippen molar-refractivity contribution in [2.75, 3.05) is 31.3 Å². The lowest BCUT2D eigenvalue weighted by Gasteiger charge is -2.17. The second kappa shape index (κ2) is 11.2. The first-order chi connectivity index (χ1) is 20.0. The third-order valence-corrected chi connectivity index (χ3v) is 7.22. The Kier molecular flexibility index (Phi) is 7.18. The molecule has 1 aliphatic carbocycles. The molecular weight excluding hydrogens is 514 g/mol. The van der Waals surface area contributed by atoms with Gasteiger partial charge in [-0.05, 0) is 74.5 Å². The second-order valence-electron chi connectivity index (χ2n) is 10.1. The minimum absolute atomic E-state index is 0.0956. The van der Waals surface area contributed by atoms with Gasteiger partial charge in [0.2, 0.25) is 5.91 Å². The number of para-hydroxylation sites is 1. The normalized spacial score (nSPS) is 13.2. The molecule has 9 heteroatoms. The molecular formula is C32H31N7O2. The van der Waals surface area contributed by atoms with E-state index in [0.29, 0.717) is 34.3 Å². The summed E-state index contributed by atoms with van der Waals surface area (Å²) < 4.78 is 7.68. The molecule has 5 aromatic rings. The van der Waals surface area contributed by atoms with Crippen LogP contribution in [0.1, 0.15) is 12.8 Å². The number of aromatic nitrogens is 4. The first-order valence-electron chi connectivity index (χ1n) is 13.6. The van der Waals surface area contributed by atoms with Gasteiger partial charge in [-0.1, -0.05) is 30.3 Å². The van der Waals surface area contributed by atoms with Gasteiger partial charge in [-0.3, -0.25) is 9.69 Å². The molecule has 41 heavy (non-hydrogen) atoms. The lowest BCUT2D eigenvalue weighted by Crippen LogP contribution is -2.25. The molecule has 0 radical (unpaired) electrons. The summed E-state index contributed by atoms with van der Waals surface area (Å²) in [6.45, 7) is 0.757. The van der Waals surface area contributed by atoms with E-state index in [1.165, 1.54) is 19.2 Å². The summed E-state index contributed by atoms with van der Waals surface area (Å²) in [6.07, 6.45) is 7.45. The molecule has 2 aromatic heterocycles. The number of rotatable bonds is 9. The van der Waals surface area contributed by atoms with Crippen LogP contribution in [0.3, 0.4) is 0 Å². The van der Waals surface area contributed by atoms with Crippen molar-refractivity contribution in [2.45, 2.75) is 18.9 Å². The van der Waals surface area contributed by atoms with Crippen LogP contribution >= 0.6 is 0 Å². The minimum atomic E-state index is -0.0956. The predicted octanol–water partition coefficient (Wildman–Crippen LogP) is 5.47. The molecule has 1 fully saturated rings. The maximum absolute atomic E-state index is 12.9. The van der Waals surface area contributed by atoms with E-state index < -0.39 is 0 Å². The highest BCUT2D eigenvalue weighted by atomic mass is 16.5. The summed E-state index contributed by atoms with van der Waals surface area (Å²) in [5.41, 5.74) is 9.90. The Morgan fingerprint density at radius 2 is 1.76 bits per heavy atom. The lowest BCUT2D eigenvalue weighted by molar-refractivity contribution is -0.113. The summed E-state index contributed by atoms with van der Waals surface area (Å²) in [7, 11) is 3.85. The van der Waals surface area contributed by atoms with E-state index in [4.69, 9.17) is 15.6 Å². The van der Waals surface area contributed by atoms with E-state index in [1.807, 2.05) is 84.9 Å². The van der Waals surface area contributed by atoms with E-state index in [1.54, 1.807) is 22.7 Å². The highest BCUT2D eigenvalue weighted by Gasteiger charge is 2.25. The zero-order valence-corrected chi connectivity index (χ0v) is 23.0. The van der Waals surface area contributed by atoms with Gasteiger partial charge in [0.25, 0.3) is 0 Å². The molecule has 1 amide bonds. The summed E-state index contributed by atoms with van der Waals surface area (Å²) >= 11 is 0. The number of fused-ring (bicyclic) bond motifs is 1. The first-order valence-corrected chi connectivity index (χ1v) is 13.6. The van der Waals surface area contributed by atoms with Gasteiger partial charge in [-0.2, -0.15) is 5.10 Å². The third-order valence-electron chi connectivity index (χ3n) is 7.22. The summed E-state index contributed by atoms with van der Waals surface area (Å²) in [4.78, 5) is 25.5. The van der Waals surface area contributed by atoms with E-state index in [2.05, 4.69) is 21.9 Å². The van der Waals surface area contributed by atoms with Gasteiger partial charge >= 0.3 is 0 Å². The van der Waals surface area contributed by atoms with Crippen LogP contribution < -0.4 is 15.4 Å². The summed E-state index contributed by atoms with van der Waals surface area (Å²) in [5, 5.41) is 5.57. The van der Waals surface area contributed by atoms with Crippen LogP contribution in [-0.4, -0.2) is 57.2 Å². The smallest absolute Gasteiger partial charge is 0.250 e. The van der Waals surface area contributed by atoms with E-state index in [-0.39, 0.29) is 5.91 Å². The fourth-order valence-corrected chi connectivity index (χ4v) is 4.72. The molecule has 0 saturated heterocycles. The zero-order chi connectivity index (χ0) is 28.3. The fraction of sp³-hybridized carbons (Fsp3) is 0.188. The number of benzene rings is 3. The Labute approximate surface area is 238 Å². The first kappa shape index (κ1) is 26.2. The van der Waals surface area contributed by atoms with Gasteiger partial charge in [0.15, 0.2) is 5.65 Å². The van der Waals surface area contributed by atoms with Crippen molar-refractivity contribution in [1.82, 2.24) is 24.6 Å². The molecule has 6 rings (SSSR count). The van der Waals surface area contributed by atoms with Crippen LogP contribution in [0.25, 0.3) is 28.0 Å². The highest BCUT2D eigenvalue weighted by Crippen LogP contribution is 2.34. The van der Waals surface area contributed by atoms with E-state index in [0.717, 1.165) is 29.2 Å². The van der Waals surface area contributed by atoms with Crippen molar-refractivity contribution >= 4 is 28.4 Å². The number of nitrogen functional groups attached to an aromatic ring is 1. The van der Waals surface area contributed by atoms with Gasteiger partial charge in [-0.15, -0.1) is 0 Å². The van der Waals surface area contributed by atoms with Crippen LogP contribution in [-0.2, 0) is 4.79 Å². The molecule has 0 bridgehead atoms. The van der Waals surface area contributed by atoms with Crippen LogP contribution in [0, 0.1) is 0 Å². The van der Waals surface area contributed by atoms with Gasteiger partial charge in [0.05, 0.1) is 11.1 Å². The number of hydrogen-bond acceptors (Lipinski definition) is 7. The van der Waals surface area contributed by atoms with Crippen LogP contribution in [0.5, 0.6) is 11.5 Å². The minimum Gasteiger partial charge on any atom is -0.457 e. The van der Waals surface area contributed by atoms with Crippen molar-refractivity contribution in [3.05, 3.63) is 97.3 Å². The molecule has 0 spiro atoms. The Bertz CT molecular complexity index is 1710. The van der Waals surface area contributed by atoms with Crippen molar-refractivity contribution in [3.63, 3.8) is 0 Å². The van der Waals surface area contributed by atoms with Crippen molar-refractivity contribution in [1.29, 1.82) is 0 Å². The number of anilines is 2. The Balaban J connectivity index is 1.28. The SMILES string of the molecule is CN(C(=O)/C=C/CN(C)C1CC1)c1cccc(-n2nc(-c3ccc(Oc4ccccc4)cc3)c3c(N)ncnc32)c1. The molecule has 3 aromatic carbocycles. The second-order valence-corrected chi connectivity index (χ2v) is 10.1. The van der Waals surface area contributed by atoms with Crippen molar-refractivity contribution < 1.29 is 9.53 Å². The number of nitrogens with zero attached hydrogens (tertiary/aromatic N) is 6. The summed E-state index contributed by atoms with van der Waals surface area (Å²) in [6, 6.07) is 25.6. The van der Waals surface area contributed by atoms with E-state index in [9.17, 15) is 4.79 Å². The Morgan fingerprint density at radius 1 is 1.00 bits per heavy atom. The van der Waals surface area contributed by atoms with Crippen LogP contribution in [0.15, 0.2) is 97.3 Å². The standard InChI is InChI=1S/C32H31N7O2/c1-37(23-15-16-23)19-7-12-28(40)38(2)24-8-6-9-25(20-24)39-32-29(31(33)34-21-35-32)30(36-39)22-13-17-27(18-14-22)41-26-10-4-3-5-11-26/h3-14,17-18,20-21,23H,15-16,19H2,1-2H3,(H2,33,34,35)/b12-7+. The maximum atomic E-state index is 12.9. The zero-order valence-electron chi connectivity index (χ0n) is 23.0. The Hall–Kier alpha value is -5.02. The highest BCUT2D eigenvalue weighted by molar-refractivity contribution is 6.01. The average molecular weight is 546 g/mol. The predicted molar refractivity (Wildman–Crippen MR) is 161 cm³/mol. The number of amides is 1. The third kappa shape index (κ3) is 5.66. The van der Waals surface area contributed by atoms with E-state index >= 15 is 0 Å². The molecule has 0 atom stereocenters. The monoisotopic (exact) mass is 545 g/mol. The molecule has 0 aliphatic heterocycles. The largest absolute Gasteiger partial charge is 0.457 e. The summed E-state index contributed by atoms with van der Waals surface area (Å²) in [5.74, 6) is 1.71. The molecule has 1 saturated carbocycles. The number of carbonyl (C=O) groups excluding carboxylic acids is 1. The molecule has 206 valence electrons. The van der Waals surface area contributed by atoms with Gasteiger partial charge in [-0.25, -0.2) is 14.6 Å². The topological polar surface area (TPSA) is 102 Å². The molecule has 2 N–H and O–H groups in total. The lowest BCUT2D eigenvalue weighted by atomic mass is 10.1. The number of likely N-dealkylation sites (N-methyl/N-ethyl adjacent to an activating group) is 2. The number of hydrogen-bond donors (Lipinski definition) is 1. The van der Waals surface area contributed by atoms with Crippen LogP contribution in [0.2, 0.25) is 0 Å². The number of nitrogens with two attached hydrogens (primary N) is 1. The molecule has 0 unspecified atom stereocenters. The molecule has 2 heterocycles. The average Bonchev–Trinajstić information content (AvgIpc) is 3.78. The Morgan fingerprint density at radius 3 is 2.51 bits per heavy atom. The molecule has 1 aliphatic rings. The quantitative estimate of drug-likeness (QED) is 0.245. The molecule has 9 nitrogen and oxygen atoms in total. The van der Waals surface area contributed by atoms with Crippen molar-refractivity contribution in [3.8, 4) is 28.4 Å². The maximum Gasteiger partial charge on any atom is 0.250 e. The van der Waals surface area contributed by atoms with Crippen LogP contribution in [0.4, 0.5) is 11.5 Å².